The van der Waals surface area contributed by atoms with Crippen LogP contribution in [0.15, 0.2) is 41.2 Å². The number of aromatic nitrogens is 1. The fourth-order valence-electron chi connectivity index (χ4n) is 2.13. The largest absolute Gasteiger partial charge is 0.388 e. The number of aliphatic hydroxyl groups is 1. The van der Waals surface area contributed by atoms with Crippen LogP contribution in [0.3, 0.4) is 0 Å². The molecule has 0 fully saturated rings. The molecule has 0 aliphatic heterocycles. The van der Waals surface area contributed by atoms with Gasteiger partial charge in [-0.15, -0.1) is 23.2 Å². The van der Waals surface area contributed by atoms with E-state index in [1.54, 1.807) is 12.1 Å². The van der Waals surface area contributed by atoms with Crippen molar-refractivity contribution < 1.29 is 5.11 Å². The predicted molar refractivity (Wildman–Crippen MR) is 102 cm³/mol. The summed E-state index contributed by atoms with van der Waals surface area (Å²) in [4.78, 5) is 12.7. The Kier molecular flexibility index (Phi) is 6.79. The van der Waals surface area contributed by atoms with E-state index in [9.17, 15) is 9.90 Å². The Morgan fingerprint density at radius 3 is 1.92 bits per heavy atom. The number of nitrogens with one attached hydrogen (secondary N) is 1. The third kappa shape index (κ3) is 4.35. The van der Waals surface area contributed by atoms with Crippen molar-refractivity contribution in [3.63, 3.8) is 0 Å². The summed E-state index contributed by atoms with van der Waals surface area (Å²) in [6, 6.07) is 10.8. The summed E-state index contributed by atoms with van der Waals surface area (Å²) < 4.78 is 0. The first-order valence-electron chi connectivity index (χ1n) is 7.20. The zero-order valence-electron chi connectivity index (χ0n) is 12.7. The number of halogens is 4. The summed E-state index contributed by atoms with van der Waals surface area (Å²) in [5.41, 5.74) is 2.05. The molecule has 1 unspecified atom stereocenters. The Balaban J connectivity index is 0.000000194. The third-order valence-electron chi connectivity index (χ3n) is 3.53. The molecule has 7 heteroatoms. The minimum absolute atomic E-state index is 0.00926. The first-order valence-corrected chi connectivity index (χ1v) is 8.83. The van der Waals surface area contributed by atoms with Gasteiger partial charge < -0.3 is 10.1 Å². The Morgan fingerprint density at radius 2 is 1.54 bits per heavy atom. The number of aliphatic hydroxyl groups excluding tert-OH is 1. The van der Waals surface area contributed by atoms with E-state index >= 15 is 0 Å². The molecule has 3 nitrogen and oxygen atoms in total. The number of aromatic amines is 1. The number of benzene rings is 2. The van der Waals surface area contributed by atoms with Crippen molar-refractivity contribution in [1.82, 2.24) is 4.98 Å². The average Bonchev–Trinajstić information content (AvgIpc) is 2.57. The standard InChI is InChI=1S/C10H10Cl4O.C7H5NO/c1-2-7(15)5-3-4-6(10(13)14)9(12)8(5)11;9-7-5-1-3-6(8-7)4-2-5/h3-4,7,10,15H,2H2,1H3;1-4H,(H,8,9). The van der Waals surface area contributed by atoms with Crippen molar-refractivity contribution in [2.45, 2.75) is 24.3 Å². The maximum atomic E-state index is 10.8. The van der Waals surface area contributed by atoms with Gasteiger partial charge in [0.25, 0.3) is 5.56 Å². The predicted octanol–water partition coefficient (Wildman–Crippen LogP) is 5.88. The summed E-state index contributed by atoms with van der Waals surface area (Å²) in [5.74, 6) is 0. The molecule has 2 N–H and O–H groups in total. The summed E-state index contributed by atoms with van der Waals surface area (Å²) in [6.07, 6.45) is -0.0474. The molecule has 4 aromatic rings. The number of pyridine rings is 2. The lowest BCUT2D eigenvalue weighted by atomic mass is 10.1. The van der Waals surface area contributed by atoms with Gasteiger partial charge >= 0.3 is 0 Å². The zero-order valence-corrected chi connectivity index (χ0v) is 15.7. The minimum Gasteiger partial charge on any atom is -0.388 e. The van der Waals surface area contributed by atoms with Crippen LogP contribution in [0.4, 0.5) is 0 Å². The third-order valence-corrected chi connectivity index (χ3v) is 4.91. The lowest BCUT2D eigenvalue weighted by Gasteiger charge is -2.14. The number of H-pyrrole nitrogens is 1. The highest BCUT2D eigenvalue weighted by Crippen LogP contribution is 2.39. The lowest BCUT2D eigenvalue weighted by molar-refractivity contribution is 0.174. The van der Waals surface area contributed by atoms with E-state index in [1.165, 1.54) is 0 Å². The van der Waals surface area contributed by atoms with Crippen molar-refractivity contribution in [3.8, 4) is 0 Å². The Labute approximate surface area is 159 Å². The molecule has 0 saturated carbocycles. The van der Waals surface area contributed by atoms with Crippen LogP contribution in [0.2, 0.25) is 10.0 Å². The highest BCUT2D eigenvalue weighted by Gasteiger charge is 2.17. The van der Waals surface area contributed by atoms with E-state index in [0.29, 0.717) is 27.6 Å². The van der Waals surface area contributed by atoms with E-state index in [4.69, 9.17) is 46.4 Å². The number of hydrogen-bond acceptors (Lipinski definition) is 2. The Bertz CT molecular complexity index is 843. The molecule has 0 radical (unpaired) electrons. The molecule has 0 aliphatic carbocycles. The molecule has 2 heterocycles. The van der Waals surface area contributed by atoms with Gasteiger partial charge in [-0.2, -0.15) is 0 Å². The maximum Gasteiger partial charge on any atom is 0.255 e. The van der Waals surface area contributed by atoms with Crippen LogP contribution in [0.1, 0.15) is 35.4 Å². The van der Waals surface area contributed by atoms with Gasteiger partial charge in [0.2, 0.25) is 0 Å². The van der Waals surface area contributed by atoms with Crippen molar-refractivity contribution in [3.05, 3.63) is 67.9 Å². The van der Waals surface area contributed by atoms with Crippen LogP contribution in [-0.2, 0) is 0 Å². The quantitative estimate of drug-likeness (QED) is 0.533. The lowest BCUT2D eigenvalue weighted by Crippen LogP contribution is -2.05. The second-order valence-corrected chi connectivity index (χ2v) is 6.98. The monoisotopic (exact) mass is 405 g/mol. The van der Waals surface area contributed by atoms with E-state index < -0.39 is 10.9 Å². The molecule has 1 atom stereocenters. The first-order chi connectivity index (χ1) is 11.3. The number of hydrogen-bond donors (Lipinski definition) is 2. The normalized spacial score (nSPS) is 12.3. The van der Waals surface area contributed by atoms with Gasteiger partial charge in [0.1, 0.15) is 4.84 Å². The second kappa shape index (κ2) is 8.41. The van der Waals surface area contributed by atoms with Crippen molar-refractivity contribution in [2.75, 3.05) is 0 Å². The van der Waals surface area contributed by atoms with Gasteiger partial charge in [-0.25, -0.2) is 0 Å². The van der Waals surface area contributed by atoms with Crippen LogP contribution < -0.4 is 5.56 Å². The maximum absolute atomic E-state index is 10.8. The van der Waals surface area contributed by atoms with Crippen LogP contribution in [0, 0.1) is 0 Å². The topological polar surface area (TPSA) is 53.1 Å². The summed E-state index contributed by atoms with van der Waals surface area (Å²) in [5, 5.41) is 11.0. The highest BCUT2D eigenvalue weighted by atomic mass is 35.5. The average molecular weight is 407 g/mol. The SMILES string of the molecule is CCC(O)c1ccc(C(Cl)Cl)c(Cl)c1Cl.O=c1[nH]c2ccc1cc2. The first kappa shape index (κ1) is 19.4. The molecule has 0 saturated heterocycles. The van der Waals surface area contributed by atoms with Gasteiger partial charge in [0.05, 0.1) is 16.1 Å². The number of rotatable bonds is 3. The van der Waals surface area contributed by atoms with E-state index in [-0.39, 0.29) is 5.56 Å². The summed E-state index contributed by atoms with van der Waals surface area (Å²) in [6.45, 7) is 1.86. The molecule has 0 spiro atoms. The fourth-order valence-corrected chi connectivity index (χ4v) is 3.19. The second-order valence-electron chi connectivity index (χ2n) is 5.13. The van der Waals surface area contributed by atoms with Gasteiger partial charge in [-0.1, -0.05) is 42.3 Å². The van der Waals surface area contributed by atoms with Crippen LogP contribution in [0.25, 0.3) is 10.9 Å². The van der Waals surface area contributed by atoms with E-state index in [1.807, 2.05) is 31.2 Å². The summed E-state index contributed by atoms with van der Waals surface area (Å²) in [7, 11) is 0. The highest BCUT2D eigenvalue weighted by molar-refractivity contribution is 6.47. The summed E-state index contributed by atoms with van der Waals surface area (Å²) >= 11 is 23.4. The Morgan fingerprint density at radius 1 is 1.00 bits per heavy atom. The van der Waals surface area contributed by atoms with E-state index in [2.05, 4.69) is 4.98 Å². The van der Waals surface area contributed by atoms with Gasteiger partial charge in [0, 0.05) is 22.0 Å². The molecule has 2 aromatic heterocycles. The molecule has 2 bridgehead atoms. The van der Waals surface area contributed by atoms with Crippen molar-refractivity contribution in [2.24, 2.45) is 0 Å². The fraction of sp³-hybridized carbons (Fsp3) is 0.235. The molecule has 0 amide bonds. The van der Waals surface area contributed by atoms with Crippen molar-refractivity contribution in [1.29, 1.82) is 0 Å². The van der Waals surface area contributed by atoms with E-state index in [0.717, 1.165) is 10.9 Å². The molecular weight excluding hydrogens is 392 g/mol. The molecule has 4 rings (SSSR count). The number of fused-ring (bicyclic) bond motifs is 3. The minimum atomic E-state index is -0.720. The van der Waals surface area contributed by atoms with Crippen molar-refractivity contribution >= 4 is 57.3 Å². The van der Waals surface area contributed by atoms with Gasteiger partial charge in [0.15, 0.2) is 0 Å². The molecule has 24 heavy (non-hydrogen) atoms. The molecule has 0 aliphatic rings. The van der Waals surface area contributed by atoms with Crippen LogP contribution in [-0.4, -0.2) is 10.1 Å². The molecule has 2 aromatic carbocycles. The van der Waals surface area contributed by atoms with Crippen LogP contribution in [0.5, 0.6) is 0 Å². The molecular formula is C17H15Cl4NO2. The van der Waals surface area contributed by atoms with Gasteiger partial charge in [-0.3, -0.25) is 4.79 Å². The zero-order chi connectivity index (χ0) is 17.9. The van der Waals surface area contributed by atoms with Gasteiger partial charge in [-0.05, 0) is 30.7 Å². The smallest absolute Gasteiger partial charge is 0.255 e. The Hall–Kier alpha value is -0.970. The number of alkyl halides is 2. The molecule has 128 valence electrons. The van der Waals surface area contributed by atoms with Crippen LogP contribution >= 0.6 is 46.4 Å².